The van der Waals surface area contributed by atoms with Gasteiger partial charge in [0.05, 0.1) is 6.04 Å². The molecule has 1 amide bonds. The molecule has 1 N–H and O–H groups in total. The largest absolute Gasteiger partial charge is 0.319 e. The van der Waals surface area contributed by atoms with Gasteiger partial charge in [-0.3, -0.25) is 10.1 Å². The standard InChI is InChI=1S/C18H28N2O/c1-5-7-12-16-18(21)20(14(4)6-2)17(19-16)15-11-9-8-10-13(15)3/h8-11,14,16-17,19H,5-7,12H2,1-4H3. The number of hydrogen-bond acceptors (Lipinski definition) is 2. The summed E-state index contributed by atoms with van der Waals surface area (Å²) in [6.45, 7) is 8.58. The second-order valence-corrected chi connectivity index (χ2v) is 6.12. The van der Waals surface area contributed by atoms with Gasteiger partial charge in [-0.25, -0.2) is 0 Å². The molecule has 1 aromatic rings. The molecule has 1 aliphatic rings. The van der Waals surface area contributed by atoms with E-state index >= 15 is 0 Å². The molecule has 0 radical (unpaired) electrons. The lowest BCUT2D eigenvalue weighted by molar-refractivity contribution is -0.132. The van der Waals surface area contributed by atoms with Gasteiger partial charge in [-0.1, -0.05) is 51.0 Å². The van der Waals surface area contributed by atoms with Crippen LogP contribution in [0, 0.1) is 6.92 Å². The summed E-state index contributed by atoms with van der Waals surface area (Å²) in [5, 5.41) is 3.57. The van der Waals surface area contributed by atoms with Crippen LogP contribution in [0.3, 0.4) is 0 Å². The predicted octanol–water partition coefficient (Wildman–Crippen LogP) is 3.78. The highest BCUT2D eigenvalue weighted by atomic mass is 16.2. The first-order valence-electron chi connectivity index (χ1n) is 8.23. The average molecular weight is 288 g/mol. The molecule has 3 atom stereocenters. The monoisotopic (exact) mass is 288 g/mol. The summed E-state index contributed by atoms with van der Waals surface area (Å²) < 4.78 is 0. The number of aryl methyl sites for hydroxylation is 1. The van der Waals surface area contributed by atoms with Crippen LogP contribution >= 0.6 is 0 Å². The van der Waals surface area contributed by atoms with Crippen LogP contribution in [0.5, 0.6) is 0 Å². The first kappa shape index (κ1) is 16.0. The summed E-state index contributed by atoms with van der Waals surface area (Å²) >= 11 is 0. The molecule has 1 aromatic carbocycles. The van der Waals surface area contributed by atoms with Crippen LogP contribution < -0.4 is 5.32 Å². The highest BCUT2D eigenvalue weighted by molar-refractivity contribution is 5.85. The van der Waals surface area contributed by atoms with Crippen molar-refractivity contribution in [1.29, 1.82) is 0 Å². The molecule has 1 saturated heterocycles. The zero-order chi connectivity index (χ0) is 15.4. The molecule has 0 spiro atoms. The summed E-state index contributed by atoms with van der Waals surface area (Å²) in [6.07, 6.45) is 4.17. The van der Waals surface area contributed by atoms with E-state index in [0.29, 0.717) is 0 Å². The molecule has 0 aromatic heterocycles. The Kier molecular flexibility index (Phi) is 5.40. The van der Waals surface area contributed by atoms with Crippen molar-refractivity contribution in [2.24, 2.45) is 0 Å². The van der Waals surface area contributed by atoms with Crippen molar-refractivity contribution in [2.75, 3.05) is 0 Å². The van der Waals surface area contributed by atoms with E-state index in [1.807, 2.05) is 0 Å². The molecule has 116 valence electrons. The second kappa shape index (κ2) is 7.08. The van der Waals surface area contributed by atoms with Crippen LogP contribution in [0.15, 0.2) is 24.3 Å². The van der Waals surface area contributed by atoms with Crippen LogP contribution in [-0.4, -0.2) is 22.9 Å². The van der Waals surface area contributed by atoms with Gasteiger partial charge in [0.2, 0.25) is 5.91 Å². The maximum atomic E-state index is 12.8. The molecule has 0 saturated carbocycles. The number of carbonyl (C=O) groups is 1. The number of nitrogens with zero attached hydrogens (tertiary/aromatic N) is 1. The van der Waals surface area contributed by atoms with Gasteiger partial charge in [0, 0.05) is 6.04 Å². The second-order valence-electron chi connectivity index (χ2n) is 6.12. The van der Waals surface area contributed by atoms with Gasteiger partial charge in [0.15, 0.2) is 0 Å². The summed E-state index contributed by atoms with van der Waals surface area (Å²) in [6, 6.07) is 8.61. The topological polar surface area (TPSA) is 32.3 Å². The third kappa shape index (κ3) is 3.29. The first-order chi connectivity index (χ1) is 10.1. The van der Waals surface area contributed by atoms with Gasteiger partial charge in [-0.15, -0.1) is 0 Å². The van der Waals surface area contributed by atoms with Crippen LogP contribution in [0.4, 0.5) is 0 Å². The predicted molar refractivity (Wildman–Crippen MR) is 87.0 cm³/mol. The van der Waals surface area contributed by atoms with E-state index in [0.717, 1.165) is 25.7 Å². The van der Waals surface area contributed by atoms with E-state index in [9.17, 15) is 4.79 Å². The van der Waals surface area contributed by atoms with E-state index in [2.05, 4.69) is 62.2 Å². The molecule has 0 aliphatic carbocycles. The van der Waals surface area contributed by atoms with Crippen LogP contribution in [0.25, 0.3) is 0 Å². The fourth-order valence-electron chi connectivity index (χ4n) is 3.07. The minimum Gasteiger partial charge on any atom is -0.319 e. The van der Waals surface area contributed by atoms with Gasteiger partial charge < -0.3 is 4.90 Å². The minimum absolute atomic E-state index is 0.0236. The van der Waals surface area contributed by atoms with Gasteiger partial charge in [-0.2, -0.15) is 0 Å². The molecular formula is C18H28N2O. The third-order valence-electron chi connectivity index (χ3n) is 4.58. The summed E-state index contributed by atoms with van der Waals surface area (Å²) in [7, 11) is 0. The summed E-state index contributed by atoms with van der Waals surface area (Å²) in [4.78, 5) is 14.8. The van der Waals surface area contributed by atoms with Crippen molar-refractivity contribution < 1.29 is 4.79 Å². The average Bonchev–Trinajstić information content (AvgIpc) is 2.81. The molecule has 3 heteroatoms. The lowest BCUT2D eigenvalue weighted by atomic mass is 10.0. The normalized spacial score (nSPS) is 23.6. The zero-order valence-electron chi connectivity index (χ0n) is 13.7. The number of hydrogen-bond donors (Lipinski definition) is 1. The van der Waals surface area contributed by atoms with Gasteiger partial charge in [0.1, 0.15) is 6.17 Å². The van der Waals surface area contributed by atoms with E-state index in [1.165, 1.54) is 11.1 Å². The Morgan fingerprint density at radius 3 is 2.62 bits per heavy atom. The Morgan fingerprint density at radius 1 is 1.29 bits per heavy atom. The molecule has 1 heterocycles. The van der Waals surface area contributed by atoms with Crippen molar-refractivity contribution in [3.8, 4) is 0 Å². The van der Waals surface area contributed by atoms with Gasteiger partial charge >= 0.3 is 0 Å². The van der Waals surface area contributed by atoms with Gasteiger partial charge in [-0.05, 0) is 37.8 Å². The summed E-state index contributed by atoms with van der Waals surface area (Å²) in [5.41, 5.74) is 2.47. The lowest BCUT2D eigenvalue weighted by Crippen LogP contribution is -2.38. The van der Waals surface area contributed by atoms with Crippen molar-refractivity contribution >= 4 is 5.91 Å². The Morgan fingerprint density at radius 2 is 2.00 bits per heavy atom. The van der Waals surface area contributed by atoms with Crippen molar-refractivity contribution in [1.82, 2.24) is 10.2 Å². The number of rotatable bonds is 6. The molecule has 1 fully saturated rings. The quantitative estimate of drug-likeness (QED) is 0.864. The first-order valence-corrected chi connectivity index (χ1v) is 8.23. The van der Waals surface area contributed by atoms with Crippen LogP contribution in [0.2, 0.25) is 0 Å². The maximum Gasteiger partial charge on any atom is 0.241 e. The maximum absolute atomic E-state index is 12.8. The van der Waals surface area contributed by atoms with Crippen LogP contribution in [0.1, 0.15) is 63.7 Å². The smallest absolute Gasteiger partial charge is 0.241 e. The van der Waals surface area contributed by atoms with Crippen molar-refractivity contribution in [3.05, 3.63) is 35.4 Å². The third-order valence-corrected chi connectivity index (χ3v) is 4.58. The molecule has 3 unspecified atom stereocenters. The zero-order valence-corrected chi connectivity index (χ0v) is 13.7. The summed E-state index contributed by atoms with van der Waals surface area (Å²) in [5.74, 6) is 0.269. The minimum atomic E-state index is -0.0245. The Balaban J connectivity index is 2.29. The van der Waals surface area contributed by atoms with Crippen LogP contribution in [-0.2, 0) is 4.79 Å². The molecule has 0 bridgehead atoms. The highest BCUT2D eigenvalue weighted by Crippen LogP contribution is 2.31. The number of benzene rings is 1. The van der Waals surface area contributed by atoms with E-state index < -0.39 is 0 Å². The Hall–Kier alpha value is -1.35. The fourth-order valence-corrected chi connectivity index (χ4v) is 3.07. The van der Waals surface area contributed by atoms with Gasteiger partial charge in [0.25, 0.3) is 0 Å². The molecular weight excluding hydrogens is 260 g/mol. The van der Waals surface area contributed by atoms with E-state index in [4.69, 9.17) is 0 Å². The number of carbonyl (C=O) groups excluding carboxylic acids is 1. The lowest BCUT2D eigenvalue weighted by Gasteiger charge is -2.30. The van der Waals surface area contributed by atoms with E-state index in [1.54, 1.807) is 0 Å². The fraction of sp³-hybridized carbons (Fsp3) is 0.611. The Labute approximate surface area is 128 Å². The van der Waals surface area contributed by atoms with E-state index in [-0.39, 0.29) is 24.2 Å². The molecule has 3 nitrogen and oxygen atoms in total. The number of nitrogens with one attached hydrogen (secondary N) is 1. The molecule has 2 rings (SSSR count). The van der Waals surface area contributed by atoms with Crippen molar-refractivity contribution in [3.63, 3.8) is 0 Å². The molecule has 21 heavy (non-hydrogen) atoms. The van der Waals surface area contributed by atoms with Crippen molar-refractivity contribution in [2.45, 2.75) is 71.6 Å². The molecule has 1 aliphatic heterocycles. The number of amides is 1. The number of unbranched alkanes of at least 4 members (excludes halogenated alkanes) is 1. The Bertz CT molecular complexity index is 486. The highest BCUT2D eigenvalue weighted by Gasteiger charge is 2.41. The SMILES string of the molecule is CCCCC1NC(c2ccccc2C)N(C(C)CC)C1=O.